The summed E-state index contributed by atoms with van der Waals surface area (Å²) in [6.45, 7) is -5.85. The van der Waals surface area contributed by atoms with E-state index in [0.717, 1.165) is 0 Å². The lowest BCUT2D eigenvalue weighted by molar-refractivity contribution is 0.510. The molecule has 0 N–H and O–H groups in total. The smallest absolute Gasteiger partial charge is 0.115 e. The molecular weight excluding hydrogens is 172 g/mol. The topological polar surface area (TPSA) is 25.8 Å². The first-order chi connectivity index (χ1) is 10.8. The molecule has 2 nitrogen and oxygen atoms in total. The zero-order valence-electron chi connectivity index (χ0n) is 19.4. The highest BCUT2D eigenvalue weighted by Crippen LogP contribution is 2.31. The normalized spacial score (nSPS) is 27.2. The van der Waals surface area contributed by atoms with Crippen molar-refractivity contribution in [1.82, 2.24) is 9.97 Å². The Bertz CT molecular complexity index is 613. The molecule has 14 heavy (non-hydrogen) atoms. The van der Waals surface area contributed by atoms with E-state index in [1.54, 1.807) is 20.8 Å². The average molecular weight is 203 g/mol. The van der Waals surface area contributed by atoms with Crippen LogP contribution in [0.2, 0.25) is 0 Å². The monoisotopic (exact) mass is 203 g/mol. The van der Waals surface area contributed by atoms with Gasteiger partial charge in [-0.3, -0.25) is 0 Å². The third kappa shape index (κ3) is 2.31. The van der Waals surface area contributed by atoms with Crippen LogP contribution in [0.3, 0.4) is 0 Å². The number of aromatic nitrogens is 2. The van der Waals surface area contributed by atoms with Crippen molar-refractivity contribution in [2.45, 2.75) is 52.2 Å². The van der Waals surface area contributed by atoms with Gasteiger partial charge in [0.1, 0.15) is 7.67 Å². The van der Waals surface area contributed by atoms with Gasteiger partial charge in [0.15, 0.2) is 0 Å². The van der Waals surface area contributed by atoms with Crippen LogP contribution in [0.1, 0.15) is 67.7 Å². The molecule has 0 fully saturated rings. The zero-order chi connectivity index (χ0) is 20.2. The van der Waals surface area contributed by atoms with Gasteiger partial charge < -0.3 is 0 Å². The summed E-state index contributed by atoms with van der Waals surface area (Å²) in [4.78, 5) is 7.22. The Morgan fingerprint density at radius 1 is 1.21 bits per heavy atom. The molecule has 0 aliphatic rings. The molecule has 0 aromatic carbocycles. The highest BCUT2D eigenvalue weighted by atomic mass is 14.8. The van der Waals surface area contributed by atoms with Gasteiger partial charge in [-0.15, -0.1) is 0 Å². The first kappa shape index (κ1) is 3.29. The highest BCUT2D eigenvalue weighted by Gasteiger charge is 2.26. The Labute approximate surface area is 102 Å². The Hall–Kier alpha value is -0.920. The van der Waals surface area contributed by atoms with Crippen LogP contribution in [-0.4, -0.2) is 9.97 Å². The molecule has 1 aromatic rings. The fourth-order valence-corrected chi connectivity index (χ4v) is 1.07. The maximum absolute atomic E-state index is 8.01. The van der Waals surface area contributed by atoms with E-state index in [2.05, 4.69) is 9.97 Å². The minimum Gasteiger partial charge on any atom is -0.244 e. The molecule has 1 rings (SSSR count). The summed E-state index contributed by atoms with van der Waals surface area (Å²) in [6, 6.07) is 0. The molecule has 0 aliphatic carbocycles. The van der Waals surface area contributed by atoms with Gasteiger partial charge in [0.05, 0.1) is 7.06 Å². The summed E-state index contributed by atoms with van der Waals surface area (Å²) < 4.78 is 85.5. The number of rotatable bonds is 0. The molecule has 0 unspecified atom stereocenters. The second kappa shape index (κ2) is 3.34. The van der Waals surface area contributed by atoms with Gasteiger partial charge >= 0.3 is 0 Å². The summed E-state index contributed by atoms with van der Waals surface area (Å²) in [5.41, 5.74) is -5.41. The zero-order valence-corrected chi connectivity index (χ0v) is 8.39. The summed E-state index contributed by atoms with van der Waals surface area (Å²) in [5, 5.41) is 0. The van der Waals surface area contributed by atoms with Gasteiger partial charge in [-0.2, -0.15) is 0 Å². The van der Waals surface area contributed by atoms with Gasteiger partial charge in [-0.05, 0) is 11.0 Å². The summed E-state index contributed by atoms with van der Waals surface area (Å²) in [7, 11) is 0. The maximum Gasteiger partial charge on any atom is 0.115 e. The number of nitrogens with zero attached hydrogens (tertiary/aromatic N) is 2. The van der Waals surface area contributed by atoms with Crippen LogP contribution in [0.15, 0.2) is 12.5 Å². The second-order valence-corrected chi connectivity index (χ2v) is 4.16. The van der Waals surface area contributed by atoms with Crippen LogP contribution < -0.4 is 0 Å². The van der Waals surface area contributed by atoms with Crippen LogP contribution in [-0.2, 0) is 10.8 Å². The van der Waals surface area contributed by atoms with E-state index in [1.165, 1.54) is 0 Å². The third-order valence-electron chi connectivity index (χ3n) is 1.70. The minimum atomic E-state index is -3.51. The Morgan fingerprint density at radius 3 is 2.36 bits per heavy atom. The Balaban J connectivity index is 4.27. The Morgan fingerprint density at radius 2 is 1.86 bits per heavy atom. The average Bonchev–Trinajstić information content (AvgIpc) is 2.24. The maximum atomic E-state index is 8.01. The van der Waals surface area contributed by atoms with Crippen molar-refractivity contribution in [2.75, 3.05) is 0 Å². The van der Waals surface area contributed by atoms with Crippen LogP contribution in [0.4, 0.5) is 0 Å². The van der Waals surface area contributed by atoms with E-state index in [4.69, 9.17) is 15.1 Å². The van der Waals surface area contributed by atoms with E-state index in [0.29, 0.717) is 0 Å². The third-order valence-corrected chi connectivity index (χ3v) is 1.70. The van der Waals surface area contributed by atoms with Gasteiger partial charge in [-0.1, -0.05) is 41.3 Å². The lowest BCUT2D eigenvalue weighted by Gasteiger charge is -2.27. The summed E-state index contributed by atoms with van der Waals surface area (Å²) in [5.74, 6) is 0. The van der Waals surface area contributed by atoms with Gasteiger partial charge in [0.25, 0.3) is 0 Å². The molecule has 2 heteroatoms. The van der Waals surface area contributed by atoms with Crippen LogP contribution in [0.5, 0.6) is 0 Å². The number of hydrogen-bond donors (Lipinski definition) is 0. The van der Waals surface area contributed by atoms with Gasteiger partial charge in [0, 0.05) is 23.9 Å². The van der Waals surface area contributed by atoms with E-state index < -0.39 is 49.4 Å². The van der Waals surface area contributed by atoms with Crippen molar-refractivity contribution in [3.63, 3.8) is 0 Å². The first-order valence-corrected chi connectivity index (χ1v) is 4.14. The van der Waals surface area contributed by atoms with Crippen molar-refractivity contribution in [3.8, 4) is 0 Å². The molecule has 0 aliphatic heterocycles. The summed E-state index contributed by atoms with van der Waals surface area (Å²) in [6.07, 6.45) is -1.50. The second-order valence-electron chi connectivity index (χ2n) is 4.16. The first-order valence-electron chi connectivity index (χ1n) is 9.64. The van der Waals surface area contributed by atoms with Crippen LogP contribution >= 0.6 is 0 Å². The van der Waals surface area contributed by atoms with E-state index >= 15 is 0 Å². The predicted molar refractivity (Wildman–Crippen MR) is 59.4 cm³/mol. The van der Waals surface area contributed by atoms with Crippen molar-refractivity contribution in [2.24, 2.45) is 0 Å². The van der Waals surface area contributed by atoms with Crippen molar-refractivity contribution in [3.05, 3.63) is 23.7 Å². The van der Waals surface area contributed by atoms with E-state index in [1.807, 2.05) is 0 Å². The fraction of sp³-hybridized carbons (Fsp3) is 0.667. The molecule has 1 heterocycles. The molecule has 0 atom stereocenters. The molecule has 0 radical (unpaired) electrons. The minimum absolute atomic E-state index is 0.249. The SMILES string of the molecule is [2H]c1nc([2H])c(C(C([2H])([2H])[2H])(C([2H])([2H])[2H])C([2H])([2H])[2H])c(C(C)(C)C)n1. The standard InChI is InChI=1S/C12H20N2/c1-11(2,3)9-7-13-8-14-10(9)12(4,5)6/h7-8H,1-6H3/i1D3,2D3,3D3,7D,8D. The van der Waals surface area contributed by atoms with Gasteiger partial charge in [0.2, 0.25) is 0 Å². The predicted octanol–water partition coefficient (Wildman–Crippen LogP) is 3.07. The molecule has 1 aromatic heterocycles. The summed E-state index contributed by atoms with van der Waals surface area (Å²) >= 11 is 0. The van der Waals surface area contributed by atoms with E-state index in [-0.39, 0.29) is 5.69 Å². The van der Waals surface area contributed by atoms with Crippen molar-refractivity contribution in [1.29, 1.82) is 0 Å². The molecule has 0 saturated carbocycles. The molecule has 78 valence electrons. The molecule has 0 bridgehead atoms. The molecular formula is C12H20N2. The lowest BCUT2D eigenvalue weighted by Crippen LogP contribution is -2.23. The van der Waals surface area contributed by atoms with Crippen LogP contribution in [0, 0.1) is 0 Å². The van der Waals surface area contributed by atoms with Gasteiger partial charge in [-0.25, -0.2) is 9.97 Å². The Kier molecular flexibility index (Phi) is 0.785. The fourth-order valence-electron chi connectivity index (χ4n) is 1.07. The largest absolute Gasteiger partial charge is 0.244 e. The van der Waals surface area contributed by atoms with E-state index in [9.17, 15) is 0 Å². The lowest BCUT2D eigenvalue weighted by atomic mass is 9.79. The molecule has 0 saturated heterocycles. The quantitative estimate of drug-likeness (QED) is 0.647. The highest BCUT2D eigenvalue weighted by molar-refractivity contribution is 5.29. The molecule has 0 spiro atoms. The van der Waals surface area contributed by atoms with Crippen LogP contribution in [0.25, 0.3) is 0 Å². The number of hydrogen-bond acceptors (Lipinski definition) is 2. The molecule has 0 amide bonds. The van der Waals surface area contributed by atoms with Crippen molar-refractivity contribution >= 4 is 0 Å². The van der Waals surface area contributed by atoms with Crippen molar-refractivity contribution < 1.29 is 15.1 Å².